The molecule has 4 amide bonds. The molecule has 39 heavy (non-hydrogen) atoms. The van der Waals surface area contributed by atoms with Crippen molar-refractivity contribution in [1.82, 2.24) is 4.90 Å². The van der Waals surface area contributed by atoms with E-state index < -0.39 is 81.9 Å². The van der Waals surface area contributed by atoms with E-state index in [-0.39, 0.29) is 11.1 Å². The Morgan fingerprint density at radius 3 is 1.44 bits per heavy atom. The fourth-order valence-electron chi connectivity index (χ4n) is 6.22. The van der Waals surface area contributed by atoms with Crippen molar-refractivity contribution in [1.29, 1.82) is 0 Å². The molecule has 3 aliphatic rings. The van der Waals surface area contributed by atoms with Crippen LogP contribution in [0, 0.1) is 44.4 Å². The molecule has 3 fully saturated rings. The SMILES string of the molecule is Cc1ccc(C(c2ccc(C)c(N3C(=O)C4C5C(=O)N(C)C(=O)C5C4C3=O)c2)(C(F)(F)F)C(F)(F)F)cc1C. The largest absolute Gasteiger partial charge is 0.411 e. The quantitative estimate of drug-likeness (QED) is 0.419. The predicted molar refractivity (Wildman–Crippen MR) is 124 cm³/mol. The standard InChI is InChI=1S/C27H22F6N2O4/c1-11-5-7-14(9-13(11)3)25(26(28,29)30,27(31,32)33)15-8-6-12(2)16(10-15)35-23(38)19-17-18(20(19)24(35)39)22(37)34(4)21(17)36/h5-10,17-20H,1-4H3. The van der Waals surface area contributed by atoms with Crippen molar-refractivity contribution in [2.75, 3.05) is 11.9 Å². The van der Waals surface area contributed by atoms with Crippen molar-refractivity contribution in [3.63, 3.8) is 0 Å². The molecule has 6 nitrogen and oxygen atoms in total. The second-order valence-corrected chi connectivity index (χ2v) is 10.4. The normalized spacial score (nSPS) is 25.3. The summed E-state index contributed by atoms with van der Waals surface area (Å²) >= 11 is 0. The lowest BCUT2D eigenvalue weighted by atomic mass is 9.59. The molecule has 12 heteroatoms. The molecule has 2 aliphatic heterocycles. The highest BCUT2D eigenvalue weighted by Crippen LogP contribution is 2.59. The molecule has 0 spiro atoms. The number of benzene rings is 2. The summed E-state index contributed by atoms with van der Waals surface area (Å²) in [6.45, 7) is 4.28. The predicted octanol–water partition coefficient (Wildman–Crippen LogP) is 4.37. The second-order valence-electron chi connectivity index (χ2n) is 10.4. The summed E-state index contributed by atoms with van der Waals surface area (Å²) in [6.07, 6.45) is -11.7. The first kappa shape index (κ1) is 26.9. The van der Waals surface area contributed by atoms with Crippen LogP contribution in [-0.2, 0) is 24.6 Å². The number of carbonyl (C=O) groups excluding carboxylic acids is 4. The zero-order valence-corrected chi connectivity index (χ0v) is 21.1. The average Bonchev–Trinajstić information content (AvgIpc) is 3.10. The summed E-state index contributed by atoms with van der Waals surface area (Å²) in [4.78, 5) is 52.9. The zero-order chi connectivity index (χ0) is 29.0. The van der Waals surface area contributed by atoms with E-state index in [0.717, 1.165) is 23.1 Å². The zero-order valence-electron chi connectivity index (χ0n) is 21.1. The molecular formula is C27H22F6N2O4. The molecule has 4 atom stereocenters. The highest BCUT2D eigenvalue weighted by Gasteiger charge is 2.74. The van der Waals surface area contributed by atoms with Gasteiger partial charge in [0, 0.05) is 7.05 Å². The maximum absolute atomic E-state index is 14.7. The molecule has 0 aromatic heterocycles. The Morgan fingerprint density at radius 1 is 0.590 bits per heavy atom. The monoisotopic (exact) mass is 552 g/mol. The van der Waals surface area contributed by atoms with Gasteiger partial charge in [-0.15, -0.1) is 0 Å². The lowest BCUT2D eigenvalue weighted by molar-refractivity contribution is -0.288. The first-order valence-corrected chi connectivity index (χ1v) is 12.0. The van der Waals surface area contributed by atoms with Crippen molar-refractivity contribution in [3.8, 4) is 0 Å². The molecule has 2 heterocycles. The second kappa shape index (κ2) is 8.15. The molecule has 4 unspecified atom stereocenters. The number of rotatable bonds is 3. The van der Waals surface area contributed by atoms with Gasteiger partial charge in [-0.2, -0.15) is 26.3 Å². The summed E-state index contributed by atoms with van der Waals surface area (Å²) in [6, 6.07) is 5.01. The summed E-state index contributed by atoms with van der Waals surface area (Å²) < 4.78 is 88.2. The Hall–Kier alpha value is -3.70. The number of likely N-dealkylation sites (tertiary alicyclic amines) is 1. The molecule has 2 saturated heterocycles. The number of nitrogens with zero attached hydrogens (tertiary/aromatic N) is 2. The highest BCUT2D eigenvalue weighted by molar-refractivity contribution is 6.27. The minimum atomic E-state index is -5.86. The molecule has 0 bridgehead atoms. The summed E-state index contributed by atoms with van der Waals surface area (Å²) in [7, 11) is 1.22. The van der Waals surface area contributed by atoms with Gasteiger partial charge in [0.05, 0.1) is 29.4 Å². The van der Waals surface area contributed by atoms with Crippen LogP contribution in [0.4, 0.5) is 32.0 Å². The number of halogens is 6. The van der Waals surface area contributed by atoms with E-state index in [9.17, 15) is 45.5 Å². The van der Waals surface area contributed by atoms with Gasteiger partial charge in [0.2, 0.25) is 29.0 Å². The van der Waals surface area contributed by atoms with Crippen molar-refractivity contribution >= 4 is 29.3 Å². The fourth-order valence-corrected chi connectivity index (χ4v) is 6.22. The highest BCUT2D eigenvalue weighted by atomic mass is 19.4. The minimum absolute atomic E-state index is 0.0695. The number of hydrogen-bond acceptors (Lipinski definition) is 4. The van der Waals surface area contributed by atoms with Crippen molar-refractivity contribution < 1.29 is 45.5 Å². The molecule has 1 saturated carbocycles. The van der Waals surface area contributed by atoms with Crippen LogP contribution in [0.2, 0.25) is 0 Å². The summed E-state index contributed by atoms with van der Waals surface area (Å²) in [5, 5.41) is 0. The van der Waals surface area contributed by atoms with E-state index in [0.29, 0.717) is 22.6 Å². The van der Waals surface area contributed by atoms with E-state index in [4.69, 9.17) is 0 Å². The molecular weight excluding hydrogens is 530 g/mol. The van der Waals surface area contributed by atoms with Crippen LogP contribution < -0.4 is 4.90 Å². The number of anilines is 1. The van der Waals surface area contributed by atoms with Gasteiger partial charge in [0.15, 0.2) is 0 Å². The van der Waals surface area contributed by atoms with Crippen LogP contribution in [-0.4, -0.2) is 47.9 Å². The number of imide groups is 2. The number of carbonyl (C=O) groups is 4. The van der Waals surface area contributed by atoms with Gasteiger partial charge in [-0.25, -0.2) is 4.90 Å². The summed E-state index contributed by atoms with van der Waals surface area (Å²) in [5.41, 5.74) is -6.44. The van der Waals surface area contributed by atoms with Crippen LogP contribution in [0.5, 0.6) is 0 Å². The van der Waals surface area contributed by atoms with E-state index in [1.165, 1.54) is 27.0 Å². The molecule has 0 N–H and O–H groups in total. The van der Waals surface area contributed by atoms with Crippen LogP contribution in [0.25, 0.3) is 0 Å². The van der Waals surface area contributed by atoms with Gasteiger partial charge in [-0.05, 0) is 54.7 Å². The fraction of sp³-hybridized carbons (Fsp3) is 0.407. The topological polar surface area (TPSA) is 74.8 Å². The van der Waals surface area contributed by atoms with E-state index in [1.54, 1.807) is 6.92 Å². The molecule has 2 aromatic carbocycles. The number of hydrogen-bond donors (Lipinski definition) is 0. The number of alkyl halides is 6. The maximum atomic E-state index is 14.7. The van der Waals surface area contributed by atoms with Crippen LogP contribution in [0.3, 0.4) is 0 Å². The van der Waals surface area contributed by atoms with Crippen molar-refractivity contribution in [2.45, 2.75) is 38.5 Å². The Kier molecular flexibility index (Phi) is 5.62. The molecule has 0 radical (unpaired) electrons. The third-order valence-electron chi connectivity index (χ3n) is 8.46. The summed E-state index contributed by atoms with van der Waals surface area (Å²) in [5.74, 6) is -7.75. The van der Waals surface area contributed by atoms with Gasteiger partial charge in [0.25, 0.3) is 0 Å². The van der Waals surface area contributed by atoms with E-state index in [1.807, 2.05) is 0 Å². The maximum Gasteiger partial charge on any atom is 0.411 e. The van der Waals surface area contributed by atoms with Crippen molar-refractivity contribution in [3.05, 3.63) is 64.2 Å². The van der Waals surface area contributed by atoms with Gasteiger partial charge < -0.3 is 0 Å². The lowest BCUT2D eigenvalue weighted by Crippen LogP contribution is -2.55. The van der Waals surface area contributed by atoms with Crippen molar-refractivity contribution in [2.24, 2.45) is 23.7 Å². The van der Waals surface area contributed by atoms with Gasteiger partial charge in [-0.3, -0.25) is 24.1 Å². The molecule has 5 rings (SSSR count). The Bertz CT molecular complexity index is 1410. The Balaban J connectivity index is 1.69. The minimum Gasteiger partial charge on any atom is -0.285 e. The lowest BCUT2D eigenvalue weighted by Gasteiger charge is -2.39. The van der Waals surface area contributed by atoms with Gasteiger partial charge >= 0.3 is 12.4 Å². The number of amides is 4. The van der Waals surface area contributed by atoms with Gasteiger partial charge in [0.1, 0.15) is 0 Å². The third kappa shape index (κ3) is 3.29. The average molecular weight is 552 g/mol. The van der Waals surface area contributed by atoms with Crippen LogP contribution >= 0.6 is 0 Å². The molecule has 1 aliphatic carbocycles. The van der Waals surface area contributed by atoms with E-state index >= 15 is 0 Å². The Morgan fingerprint density at radius 2 is 1.00 bits per heavy atom. The van der Waals surface area contributed by atoms with Crippen LogP contribution in [0.15, 0.2) is 36.4 Å². The Labute approximate surface area is 218 Å². The molecule has 2 aromatic rings. The third-order valence-corrected chi connectivity index (χ3v) is 8.46. The van der Waals surface area contributed by atoms with Crippen LogP contribution in [0.1, 0.15) is 27.8 Å². The smallest absolute Gasteiger partial charge is 0.285 e. The first-order chi connectivity index (χ1) is 18.0. The first-order valence-electron chi connectivity index (χ1n) is 12.0. The van der Waals surface area contributed by atoms with E-state index in [2.05, 4.69) is 0 Å². The number of aryl methyl sites for hydroxylation is 3. The van der Waals surface area contributed by atoms with Gasteiger partial charge in [-0.1, -0.05) is 30.3 Å². The molecule has 206 valence electrons. The number of fused-ring (bicyclic) bond motifs is 4.